The number of unbranched alkanes of at least 4 members (excludes halogenated alkanes) is 1. The first kappa shape index (κ1) is 14.3. The van der Waals surface area contributed by atoms with Crippen LogP contribution in [-0.2, 0) is 11.2 Å². The predicted molar refractivity (Wildman–Crippen MR) is 73.9 cm³/mol. The van der Waals surface area contributed by atoms with E-state index in [1.54, 1.807) is 6.08 Å². The minimum atomic E-state index is -0.121. The summed E-state index contributed by atoms with van der Waals surface area (Å²) in [6, 6.07) is 10.4. The van der Waals surface area contributed by atoms with Gasteiger partial charge in [0.1, 0.15) is 0 Å². The quantitative estimate of drug-likeness (QED) is 0.473. The molecule has 0 spiro atoms. The molecule has 0 saturated heterocycles. The summed E-state index contributed by atoms with van der Waals surface area (Å²) in [7, 11) is 0. The molecule has 0 saturated carbocycles. The highest BCUT2D eigenvalue weighted by Crippen LogP contribution is 2.03. The van der Waals surface area contributed by atoms with Crippen molar-refractivity contribution in [3.63, 3.8) is 0 Å². The van der Waals surface area contributed by atoms with Gasteiger partial charge < -0.3 is 9.84 Å². The summed E-state index contributed by atoms with van der Waals surface area (Å²) in [6.07, 6.45) is 5.93. The minimum Gasteiger partial charge on any atom is -0.486 e. The third kappa shape index (κ3) is 6.78. The van der Waals surface area contributed by atoms with Crippen LogP contribution in [0.3, 0.4) is 0 Å². The molecule has 2 heteroatoms. The van der Waals surface area contributed by atoms with Crippen molar-refractivity contribution in [2.24, 2.45) is 0 Å². The molecular formula is C16H20O2. The van der Waals surface area contributed by atoms with E-state index in [-0.39, 0.29) is 12.7 Å². The second-order valence-corrected chi connectivity index (χ2v) is 3.99. The van der Waals surface area contributed by atoms with Gasteiger partial charge in [0.25, 0.3) is 0 Å². The number of hydrogen-bond acceptors (Lipinski definition) is 2. The first-order valence-corrected chi connectivity index (χ1v) is 6.26. The average molecular weight is 244 g/mol. The maximum atomic E-state index is 8.53. The third-order valence-corrected chi connectivity index (χ3v) is 2.40. The van der Waals surface area contributed by atoms with Gasteiger partial charge in [0.05, 0.1) is 12.9 Å². The first-order valence-electron chi connectivity index (χ1n) is 6.26. The molecule has 1 atom stereocenters. The highest BCUT2D eigenvalue weighted by Gasteiger charge is 1.92. The zero-order chi connectivity index (χ0) is 13.1. The van der Waals surface area contributed by atoms with Crippen LogP contribution < -0.4 is 0 Å². The summed E-state index contributed by atoms with van der Waals surface area (Å²) >= 11 is 0. The van der Waals surface area contributed by atoms with E-state index in [2.05, 4.69) is 36.1 Å². The molecule has 1 aromatic carbocycles. The molecule has 0 amide bonds. The number of hydrogen-bond donors (Lipinski definition) is 1. The molecule has 2 nitrogen and oxygen atoms in total. The van der Waals surface area contributed by atoms with Gasteiger partial charge in [-0.3, -0.25) is 0 Å². The van der Waals surface area contributed by atoms with E-state index in [0.29, 0.717) is 0 Å². The third-order valence-electron chi connectivity index (χ3n) is 2.40. The molecule has 1 rings (SSSR count). The van der Waals surface area contributed by atoms with Crippen molar-refractivity contribution in [3.05, 3.63) is 48.2 Å². The molecule has 0 aliphatic carbocycles. The van der Waals surface area contributed by atoms with Crippen LogP contribution in [0.4, 0.5) is 0 Å². The van der Waals surface area contributed by atoms with Gasteiger partial charge in [-0.2, -0.15) is 0 Å². The molecule has 18 heavy (non-hydrogen) atoms. The van der Waals surface area contributed by atoms with Crippen molar-refractivity contribution in [1.29, 1.82) is 0 Å². The standard InChI is InChI=1S/C16H20O2/c1-15(18-14-8-13-17)9-4-2-5-10-16-11-6-3-7-12-16/h3,6-8,11-12,14-15,17H,2,5,10,13H2,1H3. The molecule has 0 aliphatic heterocycles. The van der Waals surface area contributed by atoms with Crippen LogP contribution in [0.25, 0.3) is 0 Å². The average Bonchev–Trinajstić information content (AvgIpc) is 2.40. The van der Waals surface area contributed by atoms with E-state index in [4.69, 9.17) is 9.84 Å². The summed E-state index contributed by atoms with van der Waals surface area (Å²) in [5.41, 5.74) is 1.36. The zero-order valence-corrected chi connectivity index (χ0v) is 10.8. The maximum Gasteiger partial charge on any atom is 0.155 e. The van der Waals surface area contributed by atoms with Gasteiger partial charge in [-0.05, 0) is 31.4 Å². The second kappa shape index (κ2) is 9.32. The Morgan fingerprint density at radius 1 is 1.33 bits per heavy atom. The largest absolute Gasteiger partial charge is 0.486 e. The summed E-state index contributed by atoms with van der Waals surface area (Å²) in [6.45, 7) is 1.89. The Hall–Kier alpha value is -1.72. The molecule has 0 radical (unpaired) electrons. The fourth-order valence-electron chi connectivity index (χ4n) is 1.49. The Labute approximate surface area is 109 Å². The van der Waals surface area contributed by atoms with E-state index in [1.165, 1.54) is 11.8 Å². The summed E-state index contributed by atoms with van der Waals surface area (Å²) in [5, 5.41) is 8.53. The lowest BCUT2D eigenvalue weighted by Crippen LogP contribution is -1.99. The van der Waals surface area contributed by atoms with E-state index in [0.717, 1.165) is 19.3 Å². The number of aliphatic hydroxyl groups is 1. The van der Waals surface area contributed by atoms with Crippen molar-refractivity contribution in [3.8, 4) is 11.8 Å². The number of aryl methyl sites for hydroxylation is 1. The lowest BCUT2D eigenvalue weighted by molar-refractivity contribution is 0.208. The summed E-state index contributed by atoms with van der Waals surface area (Å²) < 4.78 is 5.23. The number of ether oxygens (including phenoxy) is 1. The minimum absolute atomic E-state index is 0.00275. The monoisotopic (exact) mass is 244 g/mol. The van der Waals surface area contributed by atoms with Crippen molar-refractivity contribution >= 4 is 0 Å². The fraction of sp³-hybridized carbons (Fsp3) is 0.375. The van der Waals surface area contributed by atoms with Crippen LogP contribution in [-0.4, -0.2) is 17.8 Å². The predicted octanol–water partition coefficient (Wildman–Crippen LogP) is 2.92. The molecular weight excluding hydrogens is 224 g/mol. The molecule has 96 valence electrons. The van der Waals surface area contributed by atoms with Crippen LogP contribution in [0.5, 0.6) is 0 Å². The fourth-order valence-corrected chi connectivity index (χ4v) is 1.49. The number of aliphatic hydroxyl groups excluding tert-OH is 1. The Balaban J connectivity index is 2.16. The molecule has 1 unspecified atom stereocenters. The van der Waals surface area contributed by atoms with Crippen molar-refractivity contribution in [2.45, 2.75) is 32.3 Å². The van der Waals surface area contributed by atoms with Crippen LogP contribution in [0, 0.1) is 11.8 Å². The molecule has 0 aromatic heterocycles. The smallest absolute Gasteiger partial charge is 0.155 e. The van der Waals surface area contributed by atoms with Crippen LogP contribution >= 0.6 is 0 Å². The van der Waals surface area contributed by atoms with E-state index < -0.39 is 0 Å². The van der Waals surface area contributed by atoms with Gasteiger partial charge in [-0.25, -0.2) is 0 Å². The SMILES string of the molecule is CC(C#CCCCc1ccccc1)OC=CCO. The molecule has 0 heterocycles. The van der Waals surface area contributed by atoms with Gasteiger partial charge in [-0.15, -0.1) is 0 Å². The van der Waals surface area contributed by atoms with E-state index >= 15 is 0 Å². The highest BCUT2D eigenvalue weighted by molar-refractivity contribution is 5.15. The molecule has 0 bridgehead atoms. The van der Waals surface area contributed by atoms with Gasteiger partial charge in [-0.1, -0.05) is 42.2 Å². The Morgan fingerprint density at radius 3 is 2.83 bits per heavy atom. The lowest BCUT2D eigenvalue weighted by Gasteiger charge is -2.02. The van der Waals surface area contributed by atoms with Crippen molar-refractivity contribution in [2.75, 3.05) is 6.61 Å². The maximum absolute atomic E-state index is 8.53. The van der Waals surface area contributed by atoms with Gasteiger partial charge in [0.2, 0.25) is 0 Å². The molecule has 0 aliphatic rings. The zero-order valence-electron chi connectivity index (χ0n) is 10.8. The van der Waals surface area contributed by atoms with E-state index in [1.807, 2.05) is 13.0 Å². The Kier molecular flexibility index (Phi) is 7.43. The Bertz CT molecular complexity index is 398. The van der Waals surface area contributed by atoms with E-state index in [9.17, 15) is 0 Å². The topological polar surface area (TPSA) is 29.5 Å². The normalized spacial score (nSPS) is 11.9. The summed E-state index contributed by atoms with van der Waals surface area (Å²) in [5.74, 6) is 6.13. The van der Waals surface area contributed by atoms with Crippen LogP contribution in [0.2, 0.25) is 0 Å². The number of rotatable bonds is 6. The van der Waals surface area contributed by atoms with Gasteiger partial charge in [0, 0.05) is 6.42 Å². The second-order valence-electron chi connectivity index (χ2n) is 3.99. The number of benzene rings is 1. The van der Waals surface area contributed by atoms with Gasteiger partial charge >= 0.3 is 0 Å². The summed E-state index contributed by atoms with van der Waals surface area (Å²) in [4.78, 5) is 0. The lowest BCUT2D eigenvalue weighted by atomic mass is 10.1. The molecule has 1 N–H and O–H groups in total. The van der Waals surface area contributed by atoms with Crippen LogP contribution in [0.1, 0.15) is 25.3 Å². The molecule has 1 aromatic rings. The Morgan fingerprint density at radius 2 is 2.11 bits per heavy atom. The van der Waals surface area contributed by atoms with Gasteiger partial charge in [0.15, 0.2) is 6.10 Å². The first-order chi connectivity index (χ1) is 8.83. The van der Waals surface area contributed by atoms with Crippen molar-refractivity contribution < 1.29 is 9.84 Å². The van der Waals surface area contributed by atoms with Crippen molar-refractivity contribution in [1.82, 2.24) is 0 Å². The molecule has 0 fully saturated rings. The van der Waals surface area contributed by atoms with Crippen LogP contribution in [0.15, 0.2) is 42.7 Å². The highest BCUT2D eigenvalue weighted by atomic mass is 16.5.